The summed E-state index contributed by atoms with van der Waals surface area (Å²) in [6, 6.07) is 6.83. The molecule has 0 radical (unpaired) electrons. The number of nitrogens with one attached hydrogen (secondary N) is 1. The molecule has 10 heteroatoms. The molecule has 3 N–H and O–H groups in total. The van der Waals surface area contributed by atoms with E-state index in [1.54, 1.807) is 0 Å². The van der Waals surface area contributed by atoms with E-state index in [1.807, 2.05) is 0 Å². The van der Waals surface area contributed by atoms with Gasteiger partial charge in [-0.15, -0.1) is 0 Å². The number of hydrogen-bond donors (Lipinski definition) is 2. The molecule has 0 fully saturated rings. The van der Waals surface area contributed by atoms with Crippen molar-refractivity contribution in [1.82, 2.24) is 5.32 Å². The second-order valence-electron chi connectivity index (χ2n) is 6.30. The molecule has 4 nitrogen and oxygen atoms in total. The summed E-state index contributed by atoms with van der Waals surface area (Å²) in [6.07, 6.45) is -9.67. The maximum Gasteiger partial charge on any atom is 0.416 e. The van der Waals surface area contributed by atoms with Crippen molar-refractivity contribution < 1.29 is 35.9 Å². The Balaban J connectivity index is 2.05. The van der Waals surface area contributed by atoms with Crippen LogP contribution in [0.2, 0.25) is 0 Å². The van der Waals surface area contributed by atoms with Gasteiger partial charge >= 0.3 is 12.4 Å². The second-order valence-corrected chi connectivity index (χ2v) is 6.30. The Bertz CT molecular complexity index is 876. The summed E-state index contributed by atoms with van der Waals surface area (Å²) in [7, 11) is 0. The van der Waals surface area contributed by atoms with Crippen molar-refractivity contribution in [2.75, 3.05) is 0 Å². The zero-order valence-electron chi connectivity index (χ0n) is 14.8. The molecular formula is C19H16F6N2O2. The van der Waals surface area contributed by atoms with E-state index >= 15 is 0 Å². The molecule has 2 rings (SSSR count). The topological polar surface area (TPSA) is 72.2 Å². The van der Waals surface area contributed by atoms with Gasteiger partial charge in [0.2, 0.25) is 11.8 Å². The SMILES string of the molecule is NC(=O)[C@@H](Cc1cccc(C(F)(F)F)c1)NC(=O)Cc1ccc(C(F)(F)F)cc1. The van der Waals surface area contributed by atoms with Gasteiger partial charge in [-0.25, -0.2) is 0 Å². The summed E-state index contributed by atoms with van der Waals surface area (Å²) in [5, 5.41) is 2.30. The first-order valence-corrected chi connectivity index (χ1v) is 8.27. The fourth-order valence-corrected chi connectivity index (χ4v) is 2.58. The Hall–Kier alpha value is -3.04. The van der Waals surface area contributed by atoms with Crippen LogP contribution in [0.5, 0.6) is 0 Å². The zero-order chi connectivity index (χ0) is 21.8. The third-order valence-corrected chi connectivity index (χ3v) is 4.02. The first-order valence-electron chi connectivity index (χ1n) is 8.27. The molecule has 0 bridgehead atoms. The number of rotatable bonds is 6. The van der Waals surface area contributed by atoms with Crippen LogP contribution in [0, 0.1) is 0 Å². The van der Waals surface area contributed by atoms with E-state index in [0.717, 1.165) is 36.4 Å². The Morgan fingerprint density at radius 1 is 0.862 bits per heavy atom. The van der Waals surface area contributed by atoms with E-state index in [2.05, 4.69) is 5.32 Å². The lowest BCUT2D eigenvalue weighted by Crippen LogP contribution is -2.46. The van der Waals surface area contributed by atoms with Gasteiger partial charge in [0.15, 0.2) is 0 Å². The highest BCUT2D eigenvalue weighted by atomic mass is 19.4. The summed E-state index contributed by atoms with van der Waals surface area (Å²) in [5.41, 5.74) is 3.83. The molecule has 2 amide bonds. The molecule has 29 heavy (non-hydrogen) atoms. The molecule has 0 saturated carbocycles. The van der Waals surface area contributed by atoms with Crippen molar-refractivity contribution in [3.05, 3.63) is 70.8 Å². The second kappa shape index (κ2) is 8.54. The summed E-state index contributed by atoms with van der Waals surface area (Å²) in [6.45, 7) is 0. The lowest BCUT2D eigenvalue weighted by molar-refractivity contribution is -0.138. The van der Waals surface area contributed by atoms with Crippen molar-refractivity contribution in [2.24, 2.45) is 5.73 Å². The number of halogens is 6. The van der Waals surface area contributed by atoms with Gasteiger partial charge in [0.05, 0.1) is 17.5 Å². The molecule has 0 unspecified atom stereocenters. The number of nitrogens with two attached hydrogens (primary N) is 1. The van der Waals surface area contributed by atoms with Crippen LogP contribution >= 0.6 is 0 Å². The quantitative estimate of drug-likeness (QED) is 0.706. The largest absolute Gasteiger partial charge is 0.416 e. The molecule has 0 aliphatic carbocycles. The predicted octanol–water partition coefficient (Wildman–Crippen LogP) is 3.48. The minimum absolute atomic E-state index is 0.137. The zero-order valence-corrected chi connectivity index (χ0v) is 14.8. The number of benzene rings is 2. The minimum Gasteiger partial charge on any atom is -0.368 e. The van der Waals surface area contributed by atoms with E-state index in [0.29, 0.717) is 0 Å². The first kappa shape index (κ1) is 22.3. The maximum absolute atomic E-state index is 12.8. The Kier molecular flexibility index (Phi) is 6.55. The molecule has 0 aromatic heterocycles. The molecule has 0 saturated heterocycles. The van der Waals surface area contributed by atoms with Crippen LogP contribution in [0.25, 0.3) is 0 Å². The predicted molar refractivity (Wildman–Crippen MR) is 91.4 cm³/mol. The van der Waals surface area contributed by atoms with Gasteiger partial charge in [0.25, 0.3) is 0 Å². The third-order valence-electron chi connectivity index (χ3n) is 4.02. The van der Waals surface area contributed by atoms with Crippen LogP contribution in [-0.4, -0.2) is 17.9 Å². The maximum atomic E-state index is 12.8. The highest BCUT2D eigenvalue weighted by Crippen LogP contribution is 2.30. The number of carbonyl (C=O) groups is 2. The number of amides is 2. The van der Waals surface area contributed by atoms with Gasteiger partial charge in [-0.1, -0.05) is 30.3 Å². The van der Waals surface area contributed by atoms with Crippen molar-refractivity contribution >= 4 is 11.8 Å². The lowest BCUT2D eigenvalue weighted by Gasteiger charge is -2.17. The van der Waals surface area contributed by atoms with Gasteiger partial charge in [-0.3, -0.25) is 9.59 Å². The number of carbonyl (C=O) groups excluding carboxylic acids is 2. The molecule has 0 aliphatic rings. The van der Waals surface area contributed by atoms with E-state index in [1.165, 1.54) is 12.1 Å². The first-order chi connectivity index (χ1) is 13.4. The van der Waals surface area contributed by atoms with E-state index in [4.69, 9.17) is 5.73 Å². The Morgan fingerprint density at radius 3 is 1.97 bits per heavy atom. The molecule has 2 aromatic rings. The molecule has 2 aromatic carbocycles. The number of hydrogen-bond acceptors (Lipinski definition) is 2. The fourth-order valence-electron chi connectivity index (χ4n) is 2.58. The van der Waals surface area contributed by atoms with Gasteiger partial charge in [0.1, 0.15) is 6.04 Å². The van der Waals surface area contributed by atoms with E-state index in [9.17, 15) is 35.9 Å². The van der Waals surface area contributed by atoms with Crippen LogP contribution in [-0.2, 0) is 34.8 Å². The van der Waals surface area contributed by atoms with Crippen molar-refractivity contribution in [2.45, 2.75) is 31.2 Å². The molecule has 1 atom stereocenters. The normalized spacial score (nSPS) is 13.0. The summed E-state index contributed by atoms with van der Waals surface area (Å²) < 4.78 is 76.0. The number of alkyl halides is 6. The average Bonchev–Trinajstić information content (AvgIpc) is 2.60. The van der Waals surface area contributed by atoms with E-state index in [-0.39, 0.29) is 24.0 Å². The molecular weight excluding hydrogens is 402 g/mol. The van der Waals surface area contributed by atoms with Crippen LogP contribution < -0.4 is 11.1 Å². The van der Waals surface area contributed by atoms with Gasteiger partial charge in [-0.2, -0.15) is 26.3 Å². The Morgan fingerprint density at radius 2 is 1.45 bits per heavy atom. The van der Waals surface area contributed by atoms with Crippen molar-refractivity contribution in [1.29, 1.82) is 0 Å². The molecule has 156 valence electrons. The molecule has 0 heterocycles. The summed E-state index contributed by atoms with van der Waals surface area (Å²) >= 11 is 0. The minimum atomic E-state index is -4.57. The highest BCUT2D eigenvalue weighted by Gasteiger charge is 2.31. The van der Waals surface area contributed by atoms with Crippen LogP contribution in [0.4, 0.5) is 26.3 Å². The monoisotopic (exact) mass is 418 g/mol. The average molecular weight is 418 g/mol. The Labute approximate surface area is 161 Å². The standard InChI is InChI=1S/C19H16F6N2O2/c20-18(21,22)13-6-4-11(5-7-13)10-16(28)27-15(17(26)29)9-12-2-1-3-14(8-12)19(23,24)25/h1-8,15H,9-10H2,(H2,26,29)(H,27,28)/t15-/m1/s1. The van der Waals surface area contributed by atoms with Crippen molar-refractivity contribution in [3.8, 4) is 0 Å². The van der Waals surface area contributed by atoms with Gasteiger partial charge < -0.3 is 11.1 Å². The van der Waals surface area contributed by atoms with Crippen LogP contribution in [0.1, 0.15) is 22.3 Å². The van der Waals surface area contributed by atoms with Crippen LogP contribution in [0.3, 0.4) is 0 Å². The van der Waals surface area contributed by atoms with Gasteiger partial charge in [0, 0.05) is 6.42 Å². The molecule has 0 aliphatic heterocycles. The number of primary amides is 1. The van der Waals surface area contributed by atoms with Gasteiger partial charge in [-0.05, 0) is 29.3 Å². The van der Waals surface area contributed by atoms with Crippen molar-refractivity contribution in [3.63, 3.8) is 0 Å². The fraction of sp³-hybridized carbons (Fsp3) is 0.263. The summed E-state index contributed by atoms with van der Waals surface area (Å²) in [4.78, 5) is 23.7. The molecule has 0 spiro atoms. The highest BCUT2D eigenvalue weighted by molar-refractivity contribution is 5.87. The smallest absolute Gasteiger partial charge is 0.368 e. The summed E-state index contributed by atoms with van der Waals surface area (Å²) in [5.74, 6) is -1.66. The third kappa shape index (κ3) is 6.51. The van der Waals surface area contributed by atoms with Crippen LogP contribution in [0.15, 0.2) is 48.5 Å². The lowest BCUT2D eigenvalue weighted by atomic mass is 10.0. The van der Waals surface area contributed by atoms with E-state index < -0.39 is 41.3 Å².